The fraction of sp³-hybridized carbons (Fsp3) is 0.250. The van der Waals surface area contributed by atoms with E-state index >= 15 is 0 Å². The van der Waals surface area contributed by atoms with E-state index < -0.39 is 0 Å². The first-order valence-corrected chi connectivity index (χ1v) is 7.75. The molecule has 0 radical (unpaired) electrons. The highest BCUT2D eigenvalue weighted by Gasteiger charge is 2.08. The summed E-state index contributed by atoms with van der Waals surface area (Å²) in [6, 6.07) is 11.5. The average molecular weight is 371 g/mol. The van der Waals surface area contributed by atoms with Crippen molar-refractivity contribution in [1.82, 2.24) is 0 Å². The molecule has 2 aromatic rings. The Morgan fingerprint density at radius 1 is 1.19 bits per heavy atom. The number of rotatable bonds is 6. The van der Waals surface area contributed by atoms with Crippen molar-refractivity contribution in [2.24, 2.45) is 5.73 Å². The Labute approximate surface area is 138 Å². The lowest BCUT2D eigenvalue weighted by Gasteiger charge is -2.13. The zero-order chi connectivity index (χ0) is 15.2. The second-order valence-electron chi connectivity index (χ2n) is 4.51. The molecule has 0 spiro atoms. The number of nitrogens with two attached hydrogens (primary N) is 1. The Hall–Kier alpha value is -1.23. The SMILES string of the molecule is COc1ccc(COc2cccc(Cl)c2CCN)cc1Br. The minimum absolute atomic E-state index is 0.459. The third-order valence-corrected chi connectivity index (χ3v) is 4.05. The summed E-state index contributed by atoms with van der Waals surface area (Å²) in [5.74, 6) is 1.57. The van der Waals surface area contributed by atoms with Crippen LogP contribution in [0.15, 0.2) is 40.9 Å². The number of benzene rings is 2. The number of hydrogen-bond acceptors (Lipinski definition) is 3. The van der Waals surface area contributed by atoms with E-state index in [2.05, 4.69) is 15.9 Å². The number of hydrogen-bond donors (Lipinski definition) is 1. The van der Waals surface area contributed by atoms with Gasteiger partial charge >= 0.3 is 0 Å². The van der Waals surface area contributed by atoms with E-state index in [1.807, 2.05) is 36.4 Å². The predicted molar refractivity (Wildman–Crippen MR) is 89.2 cm³/mol. The van der Waals surface area contributed by atoms with Crippen LogP contribution in [0.3, 0.4) is 0 Å². The molecule has 21 heavy (non-hydrogen) atoms. The summed E-state index contributed by atoms with van der Waals surface area (Å²) in [4.78, 5) is 0. The van der Waals surface area contributed by atoms with Crippen molar-refractivity contribution in [3.63, 3.8) is 0 Å². The molecule has 2 N–H and O–H groups in total. The lowest BCUT2D eigenvalue weighted by molar-refractivity contribution is 0.302. The average Bonchev–Trinajstić information content (AvgIpc) is 2.48. The molecule has 0 saturated carbocycles. The van der Waals surface area contributed by atoms with Crippen LogP contribution < -0.4 is 15.2 Å². The topological polar surface area (TPSA) is 44.5 Å². The van der Waals surface area contributed by atoms with Gasteiger partial charge in [0.1, 0.15) is 18.1 Å². The van der Waals surface area contributed by atoms with Crippen molar-refractivity contribution in [1.29, 1.82) is 0 Å². The molecule has 0 atom stereocenters. The van der Waals surface area contributed by atoms with Crippen molar-refractivity contribution in [3.8, 4) is 11.5 Å². The maximum absolute atomic E-state index is 6.20. The molecule has 0 heterocycles. The van der Waals surface area contributed by atoms with E-state index in [4.69, 9.17) is 26.8 Å². The van der Waals surface area contributed by atoms with Gasteiger partial charge in [0, 0.05) is 10.6 Å². The molecule has 3 nitrogen and oxygen atoms in total. The molecule has 0 unspecified atom stereocenters. The van der Waals surface area contributed by atoms with Crippen molar-refractivity contribution in [2.75, 3.05) is 13.7 Å². The molecule has 0 saturated heterocycles. The Morgan fingerprint density at radius 3 is 2.67 bits per heavy atom. The van der Waals surface area contributed by atoms with Crippen LogP contribution in [0.2, 0.25) is 5.02 Å². The molecule has 0 aliphatic rings. The quantitative estimate of drug-likeness (QED) is 0.829. The molecule has 0 aliphatic heterocycles. The minimum Gasteiger partial charge on any atom is -0.496 e. The number of methoxy groups -OCH3 is 1. The lowest BCUT2D eigenvalue weighted by atomic mass is 10.1. The predicted octanol–water partition coefficient (Wildman–Crippen LogP) is 4.19. The van der Waals surface area contributed by atoms with Gasteiger partial charge in [0.15, 0.2) is 0 Å². The summed E-state index contributed by atoms with van der Waals surface area (Å²) in [5, 5.41) is 0.689. The normalized spacial score (nSPS) is 10.5. The summed E-state index contributed by atoms with van der Waals surface area (Å²) in [5.41, 5.74) is 7.62. The molecule has 0 aromatic heterocycles. The van der Waals surface area contributed by atoms with E-state index in [9.17, 15) is 0 Å². The molecule has 0 fully saturated rings. The van der Waals surface area contributed by atoms with Crippen LogP contribution in [-0.4, -0.2) is 13.7 Å². The van der Waals surface area contributed by atoms with E-state index in [-0.39, 0.29) is 0 Å². The van der Waals surface area contributed by atoms with Crippen LogP contribution >= 0.6 is 27.5 Å². The Balaban J connectivity index is 2.13. The standard InChI is InChI=1S/C16H17BrClNO2/c1-20-16-6-5-11(9-13(16)17)10-21-15-4-2-3-14(18)12(15)7-8-19/h2-6,9H,7-8,10,19H2,1H3. The first-order valence-electron chi connectivity index (χ1n) is 6.58. The highest BCUT2D eigenvalue weighted by atomic mass is 79.9. The van der Waals surface area contributed by atoms with Crippen molar-refractivity contribution in [3.05, 3.63) is 57.0 Å². The smallest absolute Gasteiger partial charge is 0.133 e. The van der Waals surface area contributed by atoms with Gasteiger partial charge < -0.3 is 15.2 Å². The molecule has 0 aliphatic carbocycles. The summed E-state index contributed by atoms with van der Waals surface area (Å²) < 4.78 is 12.0. The van der Waals surface area contributed by atoms with Gasteiger partial charge in [-0.3, -0.25) is 0 Å². The van der Waals surface area contributed by atoms with E-state index in [0.29, 0.717) is 24.6 Å². The number of halogens is 2. The maximum Gasteiger partial charge on any atom is 0.133 e. The Bertz CT molecular complexity index is 619. The van der Waals surface area contributed by atoms with Crippen molar-refractivity contribution in [2.45, 2.75) is 13.0 Å². The van der Waals surface area contributed by atoms with Gasteiger partial charge in [0.05, 0.1) is 11.6 Å². The summed E-state index contributed by atoms with van der Waals surface area (Å²) in [7, 11) is 1.64. The van der Waals surface area contributed by atoms with E-state index in [0.717, 1.165) is 27.1 Å². The molecular weight excluding hydrogens is 354 g/mol. The highest BCUT2D eigenvalue weighted by Crippen LogP contribution is 2.29. The van der Waals surface area contributed by atoms with Crippen molar-refractivity contribution < 1.29 is 9.47 Å². The van der Waals surface area contributed by atoms with E-state index in [1.165, 1.54) is 0 Å². The minimum atomic E-state index is 0.459. The second-order valence-corrected chi connectivity index (χ2v) is 5.77. The summed E-state index contributed by atoms with van der Waals surface area (Å²) >= 11 is 9.66. The van der Waals surface area contributed by atoms with Crippen LogP contribution in [0.25, 0.3) is 0 Å². The fourth-order valence-electron chi connectivity index (χ4n) is 2.02. The number of ether oxygens (including phenoxy) is 2. The lowest BCUT2D eigenvalue weighted by Crippen LogP contribution is -2.06. The summed E-state index contributed by atoms with van der Waals surface area (Å²) in [6.45, 7) is 0.995. The van der Waals surface area contributed by atoms with Crippen LogP contribution in [0.5, 0.6) is 11.5 Å². The fourth-order valence-corrected chi connectivity index (χ4v) is 2.87. The Kier molecular flexibility index (Phi) is 5.91. The molecule has 0 bridgehead atoms. The first-order chi connectivity index (χ1) is 10.2. The van der Waals surface area contributed by atoms with Gasteiger partial charge in [-0.15, -0.1) is 0 Å². The van der Waals surface area contributed by atoms with Gasteiger partial charge in [-0.05, 0) is 58.7 Å². The van der Waals surface area contributed by atoms with Gasteiger partial charge in [-0.1, -0.05) is 23.7 Å². The van der Waals surface area contributed by atoms with Crippen LogP contribution in [0.1, 0.15) is 11.1 Å². The van der Waals surface area contributed by atoms with E-state index in [1.54, 1.807) is 7.11 Å². The van der Waals surface area contributed by atoms with Crippen molar-refractivity contribution >= 4 is 27.5 Å². The zero-order valence-electron chi connectivity index (χ0n) is 11.7. The summed E-state index contributed by atoms with van der Waals surface area (Å²) in [6.07, 6.45) is 0.696. The monoisotopic (exact) mass is 369 g/mol. The second kappa shape index (κ2) is 7.69. The van der Waals surface area contributed by atoms with Gasteiger partial charge in [-0.2, -0.15) is 0 Å². The maximum atomic E-state index is 6.20. The van der Waals surface area contributed by atoms with Crippen LogP contribution in [0, 0.1) is 0 Å². The molecule has 0 amide bonds. The third kappa shape index (κ3) is 4.13. The van der Waals surface area contributed by atoms with Gasteiger partial charge in [-0.25, -0.2) is 0 Å². The van der Waals surface area contributed by atoms with Crippen LogP contribution in [-0.2, 0) is 13.0 Å². The molecule has 112 valence electrons. The highest BCUT2D eigenvalue weighted by molar-refractivity contribution is 9.10. The molecule has 2 aromatic carbocycles. The first kappa shape index (κ1) is 16.1. The molecular formula is C16H17BrClNO2. The third-order valence-electron chi connectivity index (χ3n) is 3.08. The Morgan fingerprint density at radius 2 is 2.00 bits per heavy atom. The zero-order valence-corrected chi connectivity index (χ0v) is 14.1. The molecule has 5 heteroatoms. The van der Waals surface area contributed by atoms with Gasteiger partial charge in [0.25, 0.3) is 0 Å². The van der Waals surface area contributed by atoms with Crippen LogP contribution in [0.4, 0.5) is 0 Å². The van der Waals surface area contributed by atoms with Gasteiger partial charge in [0.2, 0.25) is 0 Å². The molecule has 2 rings (SSSR count). The largest absolute Gasteiger partial charge is 0.496 e.